The Kier molecular flexibility index (Phi) is 9.52. The van der Waals surface area contributed by atoms with Crippen molar-refractivity contribution in [3.8, 4) is 22.5 Å². The Balaban J connectivity index is 1.01. The van der Waals surface area contributed by atoms with Crippen molar-refractivity contribution >= 4 is 56.6 Å². The van der Waals surface area contributed by atoms with Gasteiger partial charge in [-0.15, -0.1) is 0 Å². The van der Waals surface area contributed by atoms with Crippen molar-refractivity contribution < 1.29 is 14.0 Å². The molecule has 0 radical (unpaired) electrons. The molecule has 2 amide bonds. The third-order valence-corrected chi connectivity index (χ3v) is 9.95. The van der Waals surface area contributed by atoms with Gasteiger partial charge in [0.2, 0.25) is 0 Å². The molecule has 2 N–H and O–H groups in total. The highest BCUT2D eigenvalue weighted by atomic mass is 35.5. The van der Waals surface area contributed by atoms with Gasteiger partial charge in [0.1, 0.15) is 17.5 Å². The van der Waals surface area contributed by atoms with Crippen LogP contribution in [0, 0.1) is 26.6 Å². The number of hydrogen-bond donors (Lipinski definition) is 2. The maximum absolute atomic E-state index is 16.2. The number of fused-ring (bicyclic) bond motifs is 2. The number of carbonyl (C=O) groups is 2. The van der Waals surface area contributed by atoms with Crippen molar-refractivity contribution in [3.63, 3.8) is 0 Å². The van der Waals surface area contributed by atoms with Crippen LogP contribution in [-0.2, 0) is 0 Å². The third kappa shape index (κ3) is 6.96. The number of hydrogen-bond acceptors (Lipinski definition) is 6. The van der Waals surface area contributed by atoms with Crippen LogP contribution in [-0.4, -0.2) is 30.9 Å². The van der Waals surface area contributed by atoms with E-state index in [-0.39, 0.29) is 32.8 Å². The molecule has 0 bridgehead atoms. The number of halogens is 2. The first kappa shape index (κ1) is 36.7. The maximum Gasteiger partial charge on any atom is 0.265 e. The van der Waals surface area contributed by atoms with Crippen molar-refractivity contribution in [1.82, 2.24) is 19.1 Å². The second-order valence-electron chi connectivity index (χ2n) is 13.5. The van der Waals surface area contributed by atoms with Crippen molar-refractivity contribution in [2.75, 3.05) is 10.6 Å². The number of nitrogens with zero attached hydrogens (tertiary/aromatic N) is 4. The fourth-order valence-corrected chi connectivity index (χ4v) is 7.10. The second kappa shape index (κ2) is 14.8. The van der Waals surface area contributed by atoms with E-state index < -0.39 is 17.6 Å². The molecule has 280 valence electrons. The van der Waals surface area contributed by atoms with E-state index in [1.54, 1.807) is 124 Å². The average Bonchev–Trinajstić information content (AvgIpc) is 3.20. The summed E-state index contributed by atoms with van der Waals surface area (Å²) in [5, 5.41) is 6.68. The van der Waals surface area contributed by atoms with Crippen LogP contribution in [0.4, 0.5) is 15.8 Å². The topological polar surface area (TPSA) is 128 Å². The van der Waals surface area contributed by atoms with Crippen LogP contribution in [0.25, 0.3) is 44.3 Å². The first-order valence-corrected chi connectivity index (χ1v) is 18.2. The number of para-hydroxylation sites is 2. The summed E-state index contributed by atoms with van der Waals surface area (Å²) >= 11 is 6.44. The molecule has 0 aliphatic rings. The largest absolute Gasteiger partial charge is 0.322 e. The summed E-state index contributed by atoms with van der Waals surface area (Å²) in [5.41, 5.74) is 3.76. The predicted octanol–water partition coefficient (Wildman–Crippen LogP) is 8.97. The van der Waals surface area contributed by atoms with Gasteiger partial charge in [-0.1, -0.05) is 48.0 Å². The molecule has 2 aromatic heterocycles. The van der Waals surface area contributed by atoms with Gasteiger partial charge in [0, 0.05) is 27.5 Å². The summed E-state index contributed by atoms with van der Waals surface area (Å²) in [6.07, 6.45) is 0. The van der Waals surface area contributed by atoms with Gasteiger partial charge < -0.3 is 10.6 Å². The van der Waals surface area contributed by atoms with Crippen LogP contribution >= 0.6 is 11.6 Å². The SMILES string of the molecule is Cc1ccc(-c2cc(Cl)cc(C(=O)Nc3ccc(-n4c(C)nc5ccccc5c4=O)cc3)c2F)cc1C(=O)Nc1ccc(-n2c(C)nc3ccccc3c2=O)cc1. The minimum absolute atomic E-state index is 0.0323. The van der Waals surface area contributed by atoms with E-state index in [4.69, 9.17) is 11.6 Å². The average molecular weight is 775 g/mol. The zero-order chi connectivity index (χ0) is 40.0. The molecule has 0 saturated heterocycles. The van der Waals surface area contributed by atoms with Crippen molar-refractivity contribution in [2.45, 2.75) is 20.8 Å². The van der Waals surface area contributed by atoms with Gasteiger partial charge in [-0.3, -0.25) is 28.3 Å². The first-order chi connectivity index (χ1) is 27.5. The number of aryl methyl sites for hydroxylation is 3. The highest BCUT2D eigenvalue weighted by Crippen LogP contribution is 2.31. The third-order valence-electron chi connectivity index (χ3n) is 9.73. The Morgan fingerprint density at radius 1 is 0.596 bits per heavy atom. The normalized spacial score (nSPS) is 11.2. The number of anilines is 2. The van der Waals surface area contributed by atoms with E-state index in [0.29, 0.717) is 67.3 Å². The zero-order valence-corrected chi connectivity index (χ0v) is 31.6. The number of amides is 2. The Hall–Kier alpha value is -7.24. The molecule has 0 spiro atoms. The Morgan fingerprint density at radius 3 is 1.58 bits per heavy atom. The second-order valence-corrected chi connectivity index (χ2v) is 13.9. The van der Waals surface area contributed by atoms with E-state index in [9.17, 15) is 19.2 Å². The van der Waals surface area contributed by atoms with Crippen LogP contribution in [0.1, 0.15) is 37.9 Å². The number of aromatic nitrogens is 4. The summed E-state index contributed by atoms with van der Waals surface area (Å²) in [6.45, 7) is 5.26. The highest BCUT2D eigenvalue weighted by molar-refractivity contribution is 6.31. The Morgan fingerprint density at radius 2 is 1.07 bits per heavy atom. The fraction of sp³-hybridized carbons (Fsp3) is 0.0667. The lowest BCUT2D eigenvalue weighted by Crippen LogP contribution is -2.22. The summed E-state index contributed by atoms with van der Waals surface area (Å²) in [7, 11) is 0. The van der Waals surface area contributed by atoms with Crippen LogP contribution in [0.5, 0.6) is 0 Å². The minimum Gasteiger partial charge on any atom is -0.322 e. The molecule has 0 aliphatic heterocycles. The Bertz CT molecular complexity index is 3050. The summed E-state index contributed by atoms with van der Waals surface area (Å²) in [4.78, 5) is 62.7. The molecule has 57 heavy (non-hydrogen) atoms. The van der Waals surface area contributed by atoms with Gasteiger partial charge in [-0.2, -0.15) is 0 Å². The lowest BCUT2D eigenvalue weighted by Gasteiger charge is -2.14. The number of carbonyl (C=O) groups excluding carboxylic acids is 2. The molecule has 0 atom stereocenters. The first-order valence-electron chi connectivity index (χ1n) is 17.9. The molecule has 8 rings (SSSR count). The van der Waals surface area contributed by atoms with E-state index in [0.717, 1.165) is 0 Å². The molecule has 2 heterocycles. The lowest BCUT2D eigenvalue weighted by molar-refractivity contribution is 0.101. The van der Waals surface area contributed by atoms with Gasteiger partial charge in [-0.05, 0) is 123 Å². The van der Waals surface area contributed by atoms with Gasteiger partial charge in [-0.25, -0.2) is 14.4 Å². The summed E-state index contributed by atoms with van der Waals surface area (Å²) in [6, 6.07) is 35.1. The van der Waals surface area contributed by atoms with E-state index in [1.165, 1.54) is 21.3 Å². The van der Waals surface area contributed by atoms with Gasteiger partial charge in [0.15, 0.2) is 0 Å². The molecular formula is C45H32ClFN6O4. The summed E-state index contributed by atoms with van der Waals surface area (Å²) in [5.74, 6) is -0.981. The standard InChI is InChI=1S/C45H32ClFN6O4/c1-25-12-13-28(22-36(25)42(54)50-30-14-18-32(19-15-30)52-26(2)48-39-10-6-4-8-34(39)44(52)56)37-23-29(46)24-38(41(37)47)43(55)51-31-16-20-33(21-17-31)53-27(3)49-40-11-7-5-9-35(40)45(53)57/h4-24H,1-3H3,(H,50,54)(H,51,55). The lowest BCUT2D eigenvalue weighted by atomic mass is 9.97. The quantitative estimate of drug-likeness (QED) is 0.166. The van der Waals surface area contributed by atoms with Crippen molar-refractivity contribution in [2.24, 2.45) is 0 Å². The van der Waals surface area contributed by atoms with Crippen LogP contribution in [0.3, 0.4) is 0 Å². The molecule has 8 aromatic rings. The predicted molar refractivity (Wildman–Crippen MR) is 222 cm³/mol. The minimum atomic E-state index is -0.822. The van der Waals surface area contributed by atoms with E-state index in [1.807, 2.05) is 12.1 Å². The molecule has 10 nitrogen and oxygen atoms in total. The number of nitrogens with one attached hydrogen (secondary N) is 2. The molecule has 12 heteroatoms. The molecule has 6 aromatic carbocycles. The maximum atomic E-state index is 16.2. The fourth-order valence-electron chi connectivity index (χ4n) is 6.88. The van der Waals surface area contributed by atoms with E-state index in [2.05, 4.69) is 20.6 Å². The van der Waals surface area contributed by atoms with E-state index >= 15 is 4.39 Å². The summed E-state index contributed by atoms with van der Waals surface area (Å²) < 4.78 is 19.2. The molecule has 0 saturated carbocycles. The molecule has 0 aliphatic carbocycles. The van der Waals surface area contributed by atoms with Crippen LogP contribution < -0.4 is 21.8 Å². The van der Waals surface area contributed by atoms with Gasteiger partial charge >= 0.3 is 0 Å². The zero-order valence-electron chi connectivity index (χ0n) is 30.8. The van der Waals surface area contributed by atoms with Crippen LogP contribution in [0.15, 0.2) is 137 Å². The number of rotatable bonds is 7. The Labute approximate surface area is 329 Å². The highest BCUT2D eigenvalue weighted by Gasteiger charge is 2.21. The van der Waals surface area contributed by atoms with Crippen LogP contribution in [0.2, 0.25) is 5.02 Å². The molecular weight excluding hydrogens is 743 g/mol. The van der Waals surface area contributed by atoms with Crippen molar-refractivity contribution in [3.05, 3.63) is 187 Å². The van der Waals surface area contributed by atoms with Gasteiger partial charge in [0.25, 0.3) is 22.9 Å². The molecule has 0 fully saturated rings. The monoisotopic (exact) mass is 774 g/mol. The smallest absolute Gasteiger partial charge is 0.265 e. The molecule has 0 unspecified atom stereocenters. The number of benzene rings is 6. The van der Waals surface area contributed by atoms with Crippen molar-refractivity contribution in [1.29, 1.82) is 0 Å². The van der Waals surface area contributed by atoms with Gasteiger partial charge in [0.05, 0.1) is 38.7 Å².